The molecule has 2 atom stereocenters. The normalized spacial score (nSPS) is 22.5. The molecule has 2 heterocycles. The summed E-state index contributed by atoms with van der Waals surface area (Å²) in [5, 5.41) is 2.86. The number of carbonyl (C=O) groups excluding carboxylic acids is 3. The minimum Gasteiger partial charge on any atom is -0.369 e. The summed E-state index contributed by atoms with van der Waals surface area (Å²) in [6, 6.07) is 10.1. The number of carbonyl (C=O) groups is 3. The highest BCUT2D eigenvalue weighted by Crippen LogP contribution is 2.22. The Morgan fingerprint density at radius 3 is 2.46 bits per heavy atom. The lowest BCUT2D eigenvalue weighted by molar-refractivity contribution is -0.153. The fraction of sp³-hybridized carbons (Fsp3) is 0.571. The summed E-state index contributed by atoms with van der Waals surface area (Å²) in [5.74, 6) is -1.02. The Labute approximate surface area is 166 Å². The number of amides is 3. The number of anilines is 1. The average molecular weight is 386 g/mol. The van der Waals surface area contributed by atoms with Crippen molar-refractivity contribution in [3.8, 4) is 0 Å². The molecule has 2 unspecified atom stereocenters. The molecule has 2 fully saturated rings. The van der Waals surface area contributed by atoms with Gasteiger partial charge in [-0.15, -0.1) is 0 Å². The van der Waals surface area contributed by atoms with Gasteiger partial charge in [0.1, 0.15) is 0 Å². The highest BCUT2D eigenvalue weighted by molar-refractivity contribution is 6.34. The maximum atomic E-state index is 12.8. The number of likely N-dealkylation sites (N-methyl/N-ethyl adjacent to an activating group) is 1. The predicted octanol–water partition coefficient (Wildman–Crippen LogP) is 1.24. The minimum atomic E-state index is -0.464. The Morgan fingerprint density at radius 1 is 1.04 bits per heavy atom. The second-order valence-electron chi connectivity index (χ2n) is 7.78. The Morgan fingerprint density at radius 2 is 1.75 bits per heavy atom. The van der Waals surface area contributed by atoms with E-state index in [1.165, 1.54) is 6.92 Å². The summed E-state index contributed by atoms with van der Waals surface area (Å²) in [6.45, 7) is 4.13. The number of hydrogen-bond donors (Lipinski definition) is 1. The molecule has 7 nitrogen and oxygen atoms in total. The van der Waals surface area contributed by atoms with Crippen LogP contribution in [0.4, 0.5) is 5.69 Å². The third-order valence-electron chi connectivity index (χ3n) is 5.68. The summed E-state index contributed by atoms with van der Waals surface area (Å²) in [5.41, 5.74) is 1.15. The predicted molar refractivity (Wildman–Crippen MR) is 108 cm³/mol. The quantitative estimate of drug-likeness (QED) is 0.794. The van der Waals surface area contributed by atoms with E-state index in [1.807, 2.05) is 18.2 Å². The van der Waals surface area contributed by atoms with Crippen LogP contribution >= 0.6 is 0 Å². The van der Waals surface area contributed by atoms with Crippen molar-refractivity contribution in [2.45, 2.75) is 44.7 Å². The van der Waals surface area contributed by atoms with E-state index in [0.29, 0.717) is 13.1 Å². The molecule has 28 heavy (non-hydrogen) atoms. The van der Waals surface area contributed by atoms with Gasteiger partial charge in [0.2, 0.25) is 5.91 Å². The first-order valence-corrected chi connectivity index (χ1v) is 10.1. The topological polar surface area (TPSA) is 73.0 Å². The fourth-order valence-electron chi connectivity index (χ4n) is 4.16. The number of likely N-dealkylation sites (tertiary alicyclic amines) is 1. The van der Waals surface area contributed by atoms with Gasteiger partial charge in [0.05, 0.1) is 0 Å². The van der Waals surface area contributed by atoms with Crippen LogP contribution in [0.5, 0.6) is 0 Å². The Kier molecular flexibility index (Phi) is 6.54. The monoisotopic (exact) mass is 386 g/mol. The number of nitrogens with one attached hydrogen (secondary N) is 1. The Bertz CT molecular complexity index is 709. The van der Waals surface area contributed by atoms with Crippen LogP contribution < -0.4 is 10.2 Å². The zero-order valence-corrected chi connectivity index (χ0v) is 16.8. The Balaban J connectivity index is 1.60. The molecular formula is C21H30N4O3. The summed E-state index contributed by atoms with van der Waals surface area (Å²) in [6.07, 6.45) is 3.51. The highest BCUT2D eigenvalue weighted by Gasteiger charge is 2.34. The lowest BCUT2D eigenvalue weighted by atomic mass is 10.0. The first-order chi connectivity index (χ1) is 13.5. The Hall–Kier alpha value is -2.57. The number of benzene rings is 1. The van der Waals surface area contributed by atoms with Crippen LogP contribution in [0.25, 0.3) is 0 Å². The van der Waals surface area contributed by atoms with Crippen LogP contribution in [0.3, 0.4) is 0 Å². The lowest BCUT2D eigenvalue weighted by Crippen LogP contribution is -2.56. The largest absolute Gasteiger partial charge is 0.369 e. The standard InChI is InChI=1S/C21H30N4O3/c1-16(26)22-17-8-6-13-25(14-17)21(28)20(27)23(2)19-11-7-12-24(15-19)18-9-4-3-5-10-18/h3-5,9-10,17,19H,6-8,11-15H2,1-2H3,(H,22,26). The summed E-state index contributed by atoms with van der Waals surface area (Å²) in [4.78, 5) is 42.4. The molecule has 0 bridgehead atoms. The molecule has 1 N–H and O–H groups in total. The summed E-state index contributed by atoms with van der Waals surface area (Å²) >= 11 is 0. The van der Waals surface area contributed by atoms with Gasteiger partial charge in [-0.05, 0) is 37.8 Å². The van der Waals surface area contributed by atoms with Gasteiger partial charge in [-0.25, -0.2) is 0 Å². The number of rotatable bonds is 3. The van der Waals surface area contributed by atoms with Crippen molar-refractivity contribution in [2.24, 2.45) is 0 Å². The van der Waals surface area contributed by atoms with Gasteiger partial charge in [0.25, 0.3) is 0 Å². The highest BCUT2D eigenvalue weighted by atomic mass is 16.2. The van der Waals surface area contributed by atoms with Gasteiger partial charge in [0, 0.05) is 57.9 Å². The van der Waals surface area contributed by atoms with E-state index in [4.69, 9.17) is 0 Å². The minimum absolute atomic E-state index is 0.0151. The first kappa shape index (κ1) is 20.2. The fourth-order valence-corrected chi connectivity index (χ4v) is 4.16. The van der Waals surface area contributed by atoms with E-state index in [-0.39, 0.29) is 18.0 Å². The van der Waals surface area contributed by atoms with E-state index in [9.17, 15) is 14.4 Å². The third-order valence-corrected chi connectivity index (χ3v) is 5.68. The van der Waals surface area contributed by atoms with Gasteiger partial charge in [-0.1, -0.05) is 18.2 Å². The molecule has 1 aromatic carbocycles. The SMILES string of the molecule is CC(=O)NC1CCCN(C(=O)C(=O)N(C)C2CCCN(c3ccccc3)C2)C1. The zero-order valence-electron chi connectivity index (χ0n) is 16.8. The van der Waals surface area contributed by atoms with Gasteiger partial charge < -0.3 is 20.0 Å². The van der Waals surface area contributed by atoms with E-state index in [2.05, 4.69) is 22.3 Å². The molecule has 1 aromatic rings. The van der Waals surface area contributed by atoms with Crippen molar-refractivity contribution < 1.29 is 14.4 Å². The van der Waals surface area contributed by atoms with E-state index in [0.717, 1.165) is 44.5 Å². The molecule has 2 aliphatic rings. The number of piperidine rings is 2. The van der Waals surface area contributed by atoms with Crippen LogP contribution in [0, 0.1) is 0 Å². The van der Waals surface area contributed by atoms with Crippen LogP contribution in [-0.2, 0) is 14.4 Å². The zero-order chi connectivity index (χ0) is 20.1. The second kappa shape index (κ2) is 9.08. The number of para-hydroxylation sites is 1. The lowest BCUT2D eigenvalue weighted by Gasteiger charge is -2.39. The molecule has 0 spiro atoms. The molecule has 7 heteroatoms. The molecule has 3 rings (SSSR count). The van der Waals surface area contributed by atoms with Gasteiger partial charge in [-0.3, -0.25) is 14.4 Å². The smallest absolute Gasteiger partial charge is 0.312 e. The van der Waals surface area contributed by atoms with Crippen LogP contribution in [-0.4, -0.2) is 72.8 Å². The maximum Gasteiger partial charge on any atom is 0.312 e. The molecule has 2 aliphatic heterocycles. The van der Waals surface area contributed by atoms with Crippen LogP contribution in [0.2, 0.25) is 0 Å². The van der Waals surface area contributed by atoms with Crippen molar-refractivity contribution >= 4 is 23.4 Å². The molecule has 2 saturated heterocycles. The summed E-state index contributed by atoms with van der Waals surface area (Å²) in [7, 11) is 1.73. The van der Waals surface area contributed by atoms with E-state index < -0.39 is 11.8 Å². The van der Waals surface area contributed by atoms with Crippen LogP contribution in [0.15, 0.2) is 30.3 Å². The molecule has 152 valence electrons. The van der Waals surface area contributed by atoms with Crippen molar-refractivity contribution in [1.82, 2.24) is 15.1 Å². The summed E-state index contributed by atoms with van der Waals surface area (Å²) < 4.78 is 0. The molecule has 0 aromatic heterocycles. The molecular weight excluding hydrogens is 356 g/mol. The molecule has 0 aliphatic carbocycles. The maximum absolute atomic E-state index is 12.8. The first-order valence-electron chi connectivity index (χ1n) is 10.1. The molecule has 3 amide bonds. The van der Waals surface area contributed by atoms with Crippen molar-refractivity contribution in [2.75, 3.05) is 38.1 Å². The average Bonchev–Trinajstić information content (AvgIpc) is 2.72. The van der Waals surface area contributed by atoms with Crippen molar-refractivity contribution in [1.29, 1.82) is 0 Å². The number of hydrogen-bond acceptors (Lipinski definition) is 4. The van der Waals surface area contributed by atoms with Crippen LogP contribution in [0.1, 0.15) is 32.6 Å². The van der Waals surface area contributed by atoms with Gasteiger partial charge >= 0.3 is 11.8 Å². The molecule has 0 saturated carbocycles. The van der Waals surface area contributed by atoms with Crippen molar-refractivity contribution in [3.05, 3.63) is 30.3 Å². The van der Waals surface area contributed by atoms with Gasteiger partial charge in [0.15, 0.2) is 0 Å². The van der Waals surface area contributed by atoms with Gasteiger partial charge in [-0.2, -0.15) is 0 Å². The number of nitrogens with zero attached hydrogens (tertiary/aromatic N) is 3. The van der Waals surface area contributed by atoms with E-state index in [1.54, 1.807) is 16.8 Å². The van der Waals surface area contributed by atoms with E-state index >= 15 is 0 Å². The van der Waals surface area contributed by atoms with Crippen molar-refractivity contribution in [3.63, 3.8) is 0 Å². The second-order valence-corrected chi connectivity index (χ2v) is 7.78. The third kappa shape index (κ3) is 4.82. The molecule has 0 radical (unpaired) electrons.